The fraction of sp³-hybridized carbons (Fsp3) is 0.148. The Kier molecular flexibility index (Phi) is 6.68. The molecule has 0 aliphatic carbocycles. The molecule has 192 valence electrons. The molecular weight excluding hydrogens is 526 g/mol. The van der Waals surface area contributed by atoms with Crippen LogP contribution in [0.25, 0.3) is 17.0 Å². The van der Waals surface area contributed by atoms with Gasteiger partial charge >= 0.3 is 0 Å². The molecule has 1 aliphatic heterocycles. The molecular formula is C27H22ClN5O4S. The van der Waals surface area contributed by atoms with Crippen LogP contribution >= 0.6 is 23.4 Å². The van der Waals surface area contributed by atoms with Crippen molar-refractivity contribution in [1.29, 1.82) is 0 Å². The molecule has 5 rings (SSSR count). The Morgan fingerprint density at radius 3 is 2.47 bits per heavy atom. The van der Waals surface area contributed by atoms with Crippen LogP contribution in [0.1, 0.15) is 22.8 Å². The number of nitrogens with zero attached hydrogens (tertiary/aromatic N) is 4. The van der Waals surface area contributed by atoms with Gasteiger partial charge in [-0.25, -0.2) is 4.98 Å². The number of hydrogen-bond donors (Lipinski definition) is 1. The van der Waals surface area contributed by atoms with Crippen molar-refractivity contribution in [1.82, 2.24) is 19.2 Å². The first-order valence-electron chi connectivity index (χ1n) is 11.6. The highest BCUT2D eigenvalue weighted by molar-refractivity contribution is 8.18. The van der Waals surface area contributed by atoms with Gasteiger partial charge in [-0.3, -0.25) is 28.8 Å². The summed E-state index contributed by atoms with van der Waals surface area (Å²) in [5.74, 6) is -0.557. The van der Waals surface area contributed by atoms with Crippen molar-refractivity contribution in [2.24, 2.45) is 0 Å². The van der Waals surface area contributed by atoms with Crippen LogP contribution < -0.4 is 10.9 Å². The number of benzene rings is 2. The van der Waals surface area contributed by atoms with Crippen molar-refractivity contribution < 1.29 is 14.4 Å². The molecule has 3 heterocycles. The Labute approximate surface area is 226 Å². The number of para-hydroxylation sites is 1. The van der Waals surface area contributed by atoms with Crippen molar-refractivity contribution in [3.63, 3.8) is 0 Å². The Balaban J connectivity index is 1.42. The van der Waals surface area contributed by atoms with Gasteiger partial charge in [0.25, 0.3) is 16.7 Å². The second-order valence-electron chi connectivity index (χ2n) is 8.75. The largest absolute Gasteiger partial charge is 0.325 e. The maximum absolute atomic E-state index is 13.3. The van der Waals surface area contributed by atoms with E-state index in [-0.39, 0.29) is 10.5 Å². The predicted molar refractivity (Wildman–Crippen MR) is 148 cm³/mol. The number of fused-ring (bicyclic) bond motifs is 1. The van der Waals surface area contributed by atoms with Crippen LogP contribution in [0.5, 0.6) is 0 Å². The number of rotatable bonds is 5. The molecule has 1 N–H and O–H groups in total. The molecule has 0 saturated carbocycles. The topological polar surface area (TPSA) is 106 Å². The van der Waals surface area contributed by atoms with Gasteiger partial charge in [0.1, 0.15) is 12.4 Å². The van der Waals surface area contributed by atoms with Gasteiger partial charge in [0.05, 0.1) is 15.8 Å². The molecule has 2 aromatic heterocycles. The molecule has 1 saturated heterocycles. The summed E-state index contributed by atoms with van der Waals surface area (Å²) in [7, 11) is 0. The first kappa shape index (κ1) is 25.5. The minimum Gasteiger partial charge on any atom is -0.325 e. The maximum Gasteiger partial charge on any atom is 0.294 e. The van der Waals surface area contributed by atoms with Gasteiger partial charge in [-0.15, -0.1) is 0 Å². The maximum atomic E-state index is 13.3. The second kappa shape index (κ2) is 9.96. The van der Waals surface area contributed by atoms with E-state index in [1.165, 1.54) is 4.68 Å². The van der Waals surface area contributed by atoms with E-state index in [0.717, 1.165) is 22.4 Å². The number of carbonyl (C=O) groups is 3. The van der Waals surface area contributed by atoms with Crippen LogP contribution in [0.2, 0.25) is 5.02 Å². The molecule has 11 heteroatoms. The van der Waals surface area contributed by atoms with Gasteiger partial charge in [-0.1, -0.05) is 23.7 Å². The fourth-order valence-corrected chi connectivity index (χ4v) is 5.31. The van der Waals surface area contributed by atoms with E-state index < -0.39 is 23.6 Å². The van der Waals surface area contributed by atoms with Crippen LogP contribution in [0.4, 0.5) is 10.5 Å². The van der Waals surface area contributed by atoms with E-state index in [2.05, 4.69) is 10.3 Å². The van der Waals surface area contributed by atoms with Crippen molar-refractivity contribution in [2.45, 2.75) is 20.8 Å². The average Bonchev–Trinajstić information content (AvgIpc) is 3.30. The van der Waals surface area contributed by atoms with Crippen LogP contribution in [0.3, 0.4) is 0 Å². The van der Waals surface area contributed by atoms with E-state index in [1.807, 2.05) is 26.0 Å². The highest BCUT2D eigenvalue weighted by Gasteiger charge is 2.36. The number of anilines is 1. The zero-order valence-electron chi connectivity index (χ0n) is 20.7. The van der Waals surface area contributed by atoms with Crippen LogP contribution in [-0.4, -0.2) is 42.8 Å². The summed E-state index contributed by atoms with van der Waals surface area (Å²) in [6, 6.07) is 15.5. The molecule has 0 spiro atoms. The second-order valence-corrected chi connectivity index (χ2v) is 10.2. The molecule has 2 aromatic carbocycles. The van der Waals surface area contributed by atoms with Gasteiger partial charge in [-0.2, -0.15) is 4.68 Å². The van der Waals surface area contributed by atoms with E-state index in [9.17, 15) is 19.2 Å². The monoisotopic (exact) mass is 547 g/mol. The summed E-state index contributed by atoms with van der Waals surface area (Å²) in [6.45, 7) is 5.01. The summed E-state index contributed by atoms with van der Waals surface area (Å²) in [5, 5.41) is 3.13. The van der Waals surface area contributed by atoms with Gasteiger partial charge in [0, 0.05) is 22.1 Å². The normalized spacial score (nSPS) is 14.6. The molecule has 9 nitrogen and oxygen atoms in total. The Bertz CT molecular complexity index is 1720. The van der Waals surface area contributed by atoms with Crippen LogP contribution in [-0.2, 0) is 9.59 Å². The molecule has 38 heavy (non-hydrogen) atoms. The zero-order chi connectivity index (χ0) is 27.1. The van der Waals surface area contributed by atoms with Gasteiger partial charge in [0.2, 0.25) is 5.91 Å². The molecule has 0 unspecified atom stereocenters. The lowest BCUT2D eigenvalue weighted by Gasteiger charge is -2.16. The van der Waals surface area contributed by atoms with E-state index in [1.54, 1.807) is 60.1 Å². The number of hydrogen-bond acceptors (Lipinski definition) is 6. The van der Waals surface area contributed by atoms with Crippen LogP contribution in [0.15, 0.2) is 64.3 Å². The first-order chi connectivity index (χ1) is 18.1. The third kappa shape index (κ3) is 4.64. The molecule has 1 aliphatic rings. The zero-order valence-corrected chi connectivity index (χ0v) is 22.3. The summed E-state index contributed by atoms with van der Waals surface area (Å²) >= 11 is 6.63. The Morgan fingerprint density at radius 1 is 1.03 bits per heavy atom. The highest BCUT2D eigenvalue weighted by atomic mass is 35.5. The number of halogens is 1. The lowest BCUT2D eigenvalue weighted by Crippen LogP contribution is -2.36. The van der Waals surface area contributed by atoms with Crippen molar-refractivity contribution in [2.75, 3.05) is 11.9 Å². The number of aromatic nitrogens is 3. The summed E-state index contributed by atoms with van der Waals surface area (Å²) in [4.78, 5) is 57.1. The number of amides is 3. The molecule has 4 aromatic rings. The number of nitrogens with one attached hydrogen (secondary N) is 1. The smallest absolute Gasteiger partial charge is 0.294 e. The highest BCUT2D eigenvalue weighted by Crippen LogP contribution is 2.33. The average molecular weight is 548 g/mol. The lowest BCUT2D eigenvalue weighted by molar-refractivity contribution is -0.127. The SMILES string of the molecule is Cc1cc(C=C2SC(=O)N(CC(=O)Nc3ccc(Cl)cc3)C2=O)c(C)n1-n1c(C)nc2ccccc2c1=O. The van der Waals surface area contributed by atoms with Crippen molar-refractivity contribution in [3.05, 3.63) is 97.7 Å². The molecule has 0 bridgehead atoms. The standard InChI is InChI=1S/C27H22ClN5O4S/c1-15-12-18(16(2)32(15)33-17(3)29-22-7-5-4-6-21(22)25(33)35)13-23-26(36)31(27(37)38-23)14-24(34)30-20-10-8-19(28)9-11-20/h4-13H,14H2,1-3H3,(H,30,34). The van der Waals surface area contributed by atoms with Gasteiger partial charge in [0.15, 0.2) is 0 Å². The summed E-state index contributed by atoms with van der Waals surface area (Å²) in [6.07, 6.45) is 1.61. The van der Waals surface area contributed by atoms with Gasteiger partial charge < -0.3 is 5.32 Å². The number of thioether (sulfide) groups is 1. The van der Waals surface area contributed by atoms with E-state index in [4.69, 9.17) is 11.6 Å². The lowest BCUT2D eigenvalue weighted by atomic mass is 10.2. The minimum atomic E-state index is -0.559. The van der Waals surface area contributed by atoms with Crippen molar-refractivity contribution >= 4 is 63.1 Å². The number of carbonyl (C=O) groups excluding carboxylic acids is 3. The fourth-order valence-electron chi connectivity index (χ4n) is 4.36. The Morgan fingerprint density at radius 2 is 1.74 bits per heavy atom. The van der Waals surface area contributed by atoms with E-state index >= 15 is 0 Å². The van der Waals surface area contributed by atoms with E-state index in [0.29, 0.717) is 38.7 Å². The third-order valence-electron chi connectivity index (χ3n) is 6.14. The Hall–Kier alpha value is -4.15. The first-order valence-corrected chi connectivity index (χ1v) is 12.8. The third-order valence-corrected chi connectivity index (χ3v) is 7.30. The molecule has 1 fully saturated rings. The minimum absolute atomic E-state index is 0.190. The predicted octanol–water partition coefficient (Wildman–Crippen LogP) is 4.76. The van der Waals surface area contributed by atoms with Crippen LogP contribution in [0, 0.1) is 20.8 Å². The number of imide groups is 1. The number of aryl methyl sites for hydroxylation is 2. The molecule has 0 radical (unpaired) electrons. The summed E-state index contributed by atoms with van der Waals surface area (Å²) in [5.41, 5.74) is 3.01. The van der Waals surface area contributed by atoms with Gasteiger partial charge in [-0.05, 0) is 86.6 Å². The molecule has 0 atom stereocenters. The quantitative estimate of drug-likeness (QED) is 0.361. The summed E-state index contributed by atoms with van der Waals surface area (Å²) < 4.78 is 3.24. The molecule has 3 amide bonds. The van der Waals surface area contributed by atoms with Crippen molar-refractivity contribution in [3.8, 4) is 0 Å².